The van der Waals surface area contributed by atoms with Crippen LogP contribution in [-0.4, -0.2) is 25.5 Å². The molecule has 1 atom stereocenters. The predicted molar refractivity (Wildman–Crippen MR) is 88.7 cm³/mol. The predicted octanol–water partition coefficient (Wildman–Crippen LogP) is 4.64. The lowest BCUT2D eigenvalue weighted by Gasteiger charge is -2.16. The zero-order valence-corrected chi connectivity index (χ0v) is 14.1. The molecule has 0 amide bonds. The molecule has 0 fully saturated rings. The minimum Gasteiger partial charge on any atom is -0.387 e. The topological polar surface area (TPSA) is 55.8 Å². The van der Waals surface area contributed by atoms with Crippen molar-refractivity contribution >= 4 is 50.4 Å². The molecule has 112 valence electrons. The van der Waals surface area contributed by atoms with E-state index in [1.54, 1.807) is 11.3 Å². The average Bonchev–Trinajstić information content (AvgIpc) is 3.12. The van der Waals surface area contributed by atoms with E-state index in [0.717, 1.165) is 15.0 Å². The third kappa shape index (κ3) is 2.80. The van der Waals surface area contributed by atoms with Gasteiger partial charge in [0.05, 0.1) is 12.3 Å². The van der Waals surface area contributed by atoms with E-state index in [1.165, 1.54) is 35.6 Å². The Bertz CT molecular complexity index is 815. The van der Waals surface area contributed by atoms with Gasteiger partial charge in [-0.15, -0.1) is 22.7 Å². The van der Waals surface area contributed by atoms with Crippen molar-refractivity contribution in [1.82, 2.24) is 0 Å². The Balaban J connectivity index is 1.99. The summed E-state index contributed by atoms with van der Waals surface area (Å²) in [5.74, 6) is 0. The van der Waals surface area contributed by atoms with Gasteiger partial charge in [-0.05, 0) is 29.6 Å². The molecule has 1 aromatic carbocycles. The molecule has 0 aliphatic rings. The van der Waals surface area contributed by atoms with Crippen molar-refractivity contribution in [3.05, 3.63) is 34.5 Å². The molecule has 3 rings (SSSR count). The molecule has 0 saturated carbocycles. The Hall–Kier alpha value is -0.750. The summed E-state index contributed by atoms with van der Waals surface area (Å²) in [7, 11) is -0.563. The van der Waals surface area contributed by atoms with Gasteiger partial charge < -0.3 is 14.2 Å². The van der Waals surface area contributed by atoms with Crippen LogP contribution >= 0.6 is 30.3 Å². The lowest BCUT2D eigenvalue weighted by atomic mass is 10.1. The molecule has 0 aliphatic heterocycles. The lowest BCUT2D eigenvalue weighted by Crippen LogP contribution is -2.04. The minimum absolute atomic E-state index is 0.0421. The quantitative estimate of drug-likeness (QED) is 0.687. The fourth-order valence-corrected chi connectivity index (χ4v) is 5.33. The van der Waals surface area contributed by atoms with Crippen LogP contribution in [0.1, 0.15) is 11.0 Å². The summed E-state index contributed by atoms with van der Waals surface area (Å²) in [6, 6.07) is 8.20. The Kier molecular flexibility index (Phi) is 4.19. The molecule has 3 aromatic rings. The maximum absolute atomic E-state index is 12.1. The molecule has 21 heavy (non-hydrogen) atoms. The van der Waals surface area contributed by atoms with E-state index >= 15 is 0 Å². The van der Waals surface area contributed by atoms with E-state index in [-0.39, 0.29) is 6.16 Å². The second-order valence-electron chi connectivity index (χ2n) is 4.63. The third-order valence-electron chi connectivity index (χ3n) is 3.43. The number of rotatable bonds is 5. The molecule has 4 nitrogen and oxygen atoms in total. The smallest absolute Gasteiger partial charge is 0.333 e. The molecule has 7 heteroatoms. The van der Waals surface area contributed by atoms with Crippen molar-refractivity contribution in [3.63, 3.8) is 0 Å². The van der Waals surface area contributed by atoms with Gasteiger partial charge in [-0.3, -0.25) is 4.57 Å². The Morgan fingerprint density at radius 3 is 2.62 bits per heavy atom. The molecule has 0 bridgehead atoms. The second kappa shape index (κ2) is 5.80. The Morgan fingerprint density at radius 1 is 1.19 bits per heavy atom. The highest BCUT2D eigenvalue weighted by Crippen LogP contribution is 2.50. The van der Waals surface area contributed by atoms with Crippen molar-refractivity contribution in [2.24, 2.45) is 0 Å². The first-order valence-electron chi connectivity index (χ1n) is 6.34. The first-order chi connectivity index (χ1) is 10.1. The zero-order chi connectivity index (χ0) is 15.0. The fourth-order valence-electron chi connectivity index (χ4n) is 2.27. The van der Waals surface area contributed by atoms with E-state index in [1.807, 2.05) is 6.07 Å². The normalized spacial score (nSPS) is 14.0. The molecule has 0 spiro atoms. The van der Waals surface area contributed by atoms with E-state index in [0.29, 0.717) is 0 Å². The van der Waals surface area contributed by atoms with Crippen LogP contribution in [0.15, 0.2) is 29.6 Å². The van der Waals surface area contributed by atoms with Gasteiger partial charge in [-0.2, -0.15) is 0 Å². The number of benzene rings is 1. The van der Waals surface area contributed by atoms with Crippen molar-refractivity contribution in [2.45, 2.75) is 6.10 Å². The number of thiophene rings is 2. The molecule has 1 N–H and O–H groups in total. The van der Waals surface area contributed by atoms with Crippen molar-refractivity contribution < 1.29 is 18.7 Å². The summed E-state index contributed by atoms with van der Waals surface area (Å²) in [6.07, 6.45) is -0.901. The van der Waals surface area contributed by atoms with Gasteiger partial charge in [0.15, 0.2) is 0 Å². The van der Waals surface area contributed by atoms with Crippen LogP contribution in [0.3, 0.4) is 0 Å². The highest BCUT2D eigenvalue weighted by Gasteiger charge is 2.27. The number of fused-ring (bicyclic) bond motifs is 3. The number of hydrogen-bond acceptors (Lipinski definition) is 6. The van der Waals surface area contributed by atoms with Crippen LogP contribution in [0.5, 0.6) is 0 Å². The van der Waals surface area contributed by atoms with Gasteiger partial charge in [0.1, 0.15) is 0 Å². The van der Waals surface area contributed by atoms with Gasteiger partial charge in [-0.25, -0.2) is 0 Å². The van der Waals surface area contributed by atoms with Crippen molar-refractivity contribution in [2.75, 3.05) is 20.4 Å². The lowest BCUT2D eigenvalue weighted by molar-refractivity contribution is 0.187. The average molecular weight is 342 g/mol. The summed E-state index contributed by atoms with van der Waals surface area (Å²) in [5.41, 5.74) is 0. The first-order valence-corrected chi connectivity index (χ1v) is 9.77. The fraction of sp³-hybridized carbons (Fsp3) is 0.286. The molecule has 0 radical (unpaired) electrons. The standard InChI is InChI=1S/C14H15O4PS2/c1-17-19(16,18-2)8-11(15)14-7-10-9-5-6-20-12(9)3-4-13(10)21-14/h3-7,11,15H,8H2,1-2H3. The summed E-state index contributed by atoms with van der Waals surface area (Å²) < 4.78 is 24.2. The zero-order valence-electron chi connectivity index (χ0n) is 11.6. The summed E-state index contributed by atoms with van der Waals surface area (Å²) in [4.78, 5) is 0.776. The van der Waals surface area contributed by atoms with Crippen LogP contribution in [0, 0.1) is 0 Å². The van der Waals surface area contributed by atoms with Crippen LogP contribution < -0.4 is 0 Å². The van der Waals surface area contributed by atoms with Crippen LogP contribution in [0.4, 0.5) is 0 Å². The molecule has 2 heterocycles. The van der Waals surface area contributed by atoms with E-state index in [9.17, 15) is 9.67 Å². The third-order valence-corrected chi connectivity index (χ3v) is 7.42. The maximum Gasteiger partial charge on any atom is 0.333 e. The molecular weight excluding hydrogens is 327 g/mol. The Labute approximate surface area is 130 Å². The van der Waals surface area contributed by atoms with Crippen LogP contribution in [0.25, 0.3) is 20.2 Å². The molecule has 1 unspecified atom stereocenters. The maximum atomic E-state index is 12.1. The number of aliphatic hydroxyl groups is 1. The largest absolute Gasteiger partial charge is 0.387 e. The van der Waals surface area contributed by atoms with Gasteiger partial charge in [0, 0.05) is 39.3 Å². The SMILES string of the molecule is COP(=O)(CC(O)c1cc2c(ccc3sccc32)s1)OC. The molecule has 0 aliphatic carbocycles. The van der Waals surface area contributed by atoms with E-state index < -0.39 is 13.7 Å². The van der Waals surface area contributed by atoms with Gasteiger partial charge in [-0.1, -0.05) is 0 Å². The summed E-state index contributed by atoms with van der Waals surface area (Å²) in [6.45, 7) is 0. The number of aliphatic hydroxyl groups excluding tert-OH is 1. The minimum atomic E-state index is -3.22. The summed E-state index contributed by atoms with van der Waals surface area (Å²) >= 11 is 3.20. The Morgan fingerprint density at radius 2 is 1.90 bits per heavy atom. The van der Waals surface area contributed by atoms with Crippen molar-refractivity contribution in [1.29, 1.82) is 0 Å². The second-order valence-corrected chi connectivity index (χ2v) is 9.01. The summed E-state index contributed by atoms with van der Waals surface area (Å²) in [5, 5.41) is 14.7. The first kappa shape index (κ1) is 15.2. The van der Waals surface area contributed by atoms with Crippen LogP contribution in [-0.2, 0) is 13.6 Å². The number of hydrogen-bond donors (Lipinski definition) is 1. The molecular formula is C14H15O4PS2. The monoisotopic (exact) mass is 342 g/mol. The highest BCUT2D eigenvalue weighted by molar-refractivity contribution is 7.53. The molecule has 0 saturated heterocycles. The highest BCUT2D eigenvalue weighted by atomic mass is 32.1. The van der Waals surface area contributed by atoms with E-state index in [4.69, 9.17) is 9.05 Å². The van der Waals surface area contributed by atoms with Gasteiger partial charge in [0.2, 0.25) is 0 Å². The van der Waals surface area contributed by atoms with E-state index in [2.05, 4.69) is 23.6 Å². The molecule has 2 aromatic heterocycles. The van der Waals surface area contributed by atoms with Crippen molar-refractivity contribution in [3.8, 4) is 0 Å². The van der Waals surface area contributed by atoms with Gasteiger partial charge >= 0.3 is 7.60 Å². The van der Waals surface area contributed by atoms with Gasteiger partial charge in [0.25, 0.3) is 0 Å². The van der Waals surface area contributed by atoms with Crippen LogP contribution in [0.2, 0.25) is 0 Å².